The van der Waals surface area contributed by atoms with Crippen molar-refractivity contribution in [2.24, 2.45) is 0 Å². The first-order valence-corrected chi connectivity index (χ1v) is 22.8. The third-order valence-electron chi connectivity index (χ3n) is 8.54. The Labute approximate surface area is 337 Å². The van der Waals surface area contributed by atoms with Crippen LogP contribution in [0.3, 0.4) is 0 Å². The fourth-order valence-corrected chi connectivity index (χ4v) is 5.97. The van der Waals surface area contributed by atoms with Gasteiger partial charge in [0, 0.05) is 6.42 Å². The number of nitrogens with zero attached hydrogens (tertiary/aromatic N) is 1. The lowest BCUT2D eigenvalue weighted by Gasteiger charge is -2.28. The lowest BCUT2D eigenvalue weighted by Crippen LogP contribution is -2.37. The Hall–Kier alpha value is -2.48. The van der Waals surface area contributed by atoms with Crippen molar-refractivity contribution in [2.45, 2.75) is 155 Å². The topological polar surface area (TPSA) is 94.1 Å². The van der Waals surface area contributed by atoms with Gasteiger partial charge in [0.05, 0.1) is 34.0 Å². The van der Waals surface area contributed by atoms with E-state index in [1.807, 2.05) is 39.4 Å². The zero-order chi connectivity index (χ0) is 40.6. The molecule has 0 saturated carbocycles. The molecule has 0 aromatic heterocycles. The molecule has 0 spiro atoms. The third kappa shape index (κ3) is 42.5. The van der Waals surface area contributed by atoms with Crippen LogP contribution in [0.5, 0.6) is 0 Å². The highest BCUT2D eigenvalue weighted by Crippen LogP contribution is 2.38. The van der Waals surface area contributed by atoms with Crippen LogP contribution in [0.15, 0.2) is 85.3 Å². The number of unbranched alkanes of at least 4 members (excludes halogenated alkanes) is 12. The van der Waals surface area contributed by atoms with Crippen molar-refractivity contribution in [1.82, 2.24) is 0 Å². The number of hydrogen-bond acceptors (Lipinski definition) is 7. The van der Waals surface area contributed by atoms with E-state index in [0.29, 0.717) is 17.4 Å². The van der Waals surface area contributed by atoms with Crippen molar-refractivity contribution < 1.29 is 37.3 Å². The van der Waals surface area contributed by atoms with Gasteiger partial charge in [-0.2, -0.15) is 0 Å². The van der Waals surface area contributed by atoms with E-state index in [0.717, 1.165) is 51.4 Å². The van der Waals surface area contributed by atoms with Crippen LogP contribution in [0.1, 0.15) is 149 Å². The number of phosphoric ester groups is 1. The minimum Gasteiger partial charge on any atom is -0.756 e. The number of esters is 1. The second-order valence-electron chi connectivity index (χ2n) is 15.0. The molecule has 0 N–H and O–H groups in total. The molecule has 0 amide bonds. The predicted octanol–water partition coefficient (Wildman–Crippen LogP) is 12.2. The fourth-order valence-electron chi connectivity index (χ4n) is 5.24. The van der Waals surface area contributed by atoms with Gasteiger partial charge < -0.3 is 27.9 Å². The zero-order valence-electron chi connectivity index (χ0n) is 35.6. The normalized spacial score (nSPS) is 14.6. The number of ether oxygens (including phenoxy) is 2. The summed E-state index contributed by atoms with van der Waals surface area (Å²) in [6.07, 6.45) is 51.3. The Morgan fingerprint density at radius 2 is 1.07 bits per heavy atom. The molecular formula is C46H80NO7P. The summed E-state index contributed by atoms with van der Waals surface area (Å²) in [6, 6.07) is 0. The number of carbonyl (C=O) groups excluding carboxylic acids is 1. The van der Waals surface area contributed by atoms with E-state index in [9.17, 15) is 14.3 Å². The van der Waals surface area contributed by atoms with Crippen LogP contribution in [0.2, 0.25) is 0 Å². The fraction of sp³-hybridized carbons (Fsp3) is 0.674. The van der Waals surface area contributed by atoms with Gasteiger partial charge >= 0.3 is 5.97 Å². The van der Waals surface area contributed by atoms with Gasteiger partial charge in [0.25, 0.3) is 7.82 Å². The molecule has 2 atom stereocenters. The van der Waals surface area contributed by atoms with Crippen LogP contribution in [-0.4, -0.2) is 64.1 Å². The Morgan fingerprint density at radius 3 is 1.56 bits per heavy atom. The maximum atomic E-state index is 12.6. The summed E-state index contributed by atoms with van der Waals surface area (Å²) in [5.74, 6) is -0.441. The number of carbonyl (C=O) groups is 1. The van der Waals surface area contributed by atoms with E-state index in [-0.39, 0.29) is 26.2 Å². The average Bonchev–Trinajstić information content (AvgIpc) is 3.13. The van der Waals surface area contributed by atoms with Gasteiger partial charge in [-0.25, -0.2) is 0 Å². The van der Waals surface area contributed by atoms with E-state index in [1.165, 1.54) is 70.6 Å². The number of allylic oxidation sites excluding steroid dienone is 13. The summed E-state index contributed by atoms with van der Waals surface area (Å²) in [6.45, 7) is 4.51. The van der Waals surface area contributed by atoms with Gasteiger partial charge in [0.15, 0.2) is 6.10 Å². The van der Waals surface area contributed by atoms with Crippen molar-refractivity contribution in [3.05, 3.63) is 85.3 Å². The second kappa shape index (κ2) is 38.4. The molecule has 0 aromatic rings. The largest absolute Gasteiger partial charge is 0.756 e. The van der Waals surface area contributed by atoms with Crippen LogP contribution in [0.4, 0.5) is 0 Å². The summed E-state index contributed by atoms with van der Waals surface area (Å²) in [5, 5.41) is 0. The molecule has 0 rings (SSSR count). The van der Waals surface area contributed by atoms with E-state index in [1.54, 1.807) is 6.26 Å². The second-order valence-corrected chi connectivity index (χ2v) is 16.4. The molecule has 0 fully saturated rings. The summed E-state index contributed by atoms with van der Waals surface area (Å²) in [5.41, 5.74) is 0. The highest BCUT2D eigenvalue weighted by Gasteiger charge is 2.20. The van der Waals surface area contributed by atoms with E-state index < -0.39 is 19.9 Å². The molecule has 0 aliphatic heterocycles. The lowest BCUT2D eigenvalue weighted by molar-refractivity contribution is -0.870. The molecule has 0 aliphatic carbocycles. The van der Waals surface area contributed by atoms with Gasteiger partial charge in [0.1, 0.15) is 19.8 Å². The van der Waals surface area contributed by atoms with Gasteiger partial charge in [0.2, 0.25) is 0 Å². The smallest absolute Gasteiger partial charge is 0.306 e. The minimum atomic E-state index is -4.56. The Bertz CT molecular complexity index is 1150. The Kier molecular flexibility index (Phi) is 36.7. The van der Waals surface area contributed by atoms with Crippen LogP contribution < -0.4 is 4.89 Å². The molecule has 0 aromatic carbocycles. The zero-order valence-corrected chi connectivity index (χ0v) is 36.5. The molecule has 55 heavy (non-hydrogen) atoms. The summed E-state index contributed by atoms with van der Waals surface area (Å²) < 4.78 is 34.2. The molecule has 9 heteroatoms. The van der Waals surface area contributed by atoms with Gasteiger partial charge in [-0.05, 0) is 63.9 Å². The number of hydrogen-bond donors (Lipinski definition) is 0. The SMILES string of the molecule is CC/C=C\C/C=C\C/C=C\C/C=C\C/C=C\C/C=C\CCC(=O)O[C@H](CO/C=C\CCCCCCCCCCCCCC)COP(=O)([O-])OCC[N+](C)(C)C. The number of quaternary nitrogens is 1. The highest BCUT2D eigenvalue weighted by molar-refractivity contribution is 7.45. The van der Waals surface area contributed by atoms with E-state index in [4.69, 9.17) is 18.5 Å². The predicted molar refractivity (Wildman–Crippen MR) is 231 cm³/mol. The summed E-state index contributed by atoms with van der Waals surface area (Å²) in [7, 11) is 1.27. The molecule has 8 nitrogen and oxygen atoms in total. The van der Waals surface area contributed by atoms with Gasteiger partial charge in [-0.15, -0.1) is 0 Å². The number of likely N-dealkylation sites (N-methyl/N-ethyl adjacent to an activating group) is 1. The first kappa shape index (κ1) is 52.5. The number of phosphoric acid groups is 1. The third-order valence-corrected chi connectivity index (χ3v) is 9.50. The molecule has 0 heterocycles. The lowest BCUT2D eigenvalue weighted by atomic mass is 10.0. The molecule has 1 unspecified atom stereocenters. The number of rotatable bonds is 38. The first-order valence-electron chi connectivity index (χ1n) is 21.4. The summed E-state index contributed by atoms with van der Waals surface area (Å²) >= 11 is 0. The Morgan fingerprint density at radius 1 is 0.600 bits per heavy atom. The van der Waals surface area contributed by atoms with E-state index >= 15 is 0 Å². The molecule has 316 valence electrons. The summed E-state index contributed by atoms with van der Waals surface area (Å²) in [4.78, 5) is 25.0. The first-order chi connectivity index (χ1) is 26.6. The highest BCUT2D eigenvalue weighted by atomic mass is 31.2. The van der Waals surface area contributed by atoms with E-state index in [2.05, 4.69) is 74.6 Å². The van der Waals surface area contributed by atoms with Crippen LogP contribution in [-0.2, 0) is 27.9 Å². The Balaban J connectivity index is 4.46. The van der Waals surface area contributed by atoms with Gasteiger partial charge in [-0.3, -0.25) is 9.36 Å². The van der Waals surface area contributed by atoms with Crippen molar-refractivity contribution in [3.63, 3.8) is 0 Å². The molecule has 0 saturated heterocycles. The average molecular weight is 790 g/mol. The van der Waals surface area contributed by atoms with Crippen LogP contribution in [0.25, 0.3) is 0 Å². The maximum Gasteiger partial charge on any atom is 0.306 e. The molecule has 0 bridgehead atoms. The molecule has 0 aliphatic rings. The van der Waals surface area contributed by atoms with Crippen molar-refractivity contribution in [1.29, 1.82) is 0 Å². The van der Waals surface area contributed by atoms with Crippen molar-refractivity contribution in [3.8, 4) is 0 Å². The quantitative estimate of drug-likeness (QED) is 0.0153. The van der Waals surface area contributed by atoms with Crippen LogP contribution in [0, 0.1) is 0 Å². The maximum absolute atomic E-state index is 12.6. The van der Waals surface area contributed by atoms with Gasteiger partial charge in [-0.1, -0.05) is 157 Å². The molecular weight excluding hydrogens is 709 g/mol. The standard InChI is InChI=1S/C46H80NO7P/c1-6-8-10-12-14-16-18-20-22-23-24-25-26-27-29-31-33-35-37-39-46(48)54-45(44-53-55(49,50)52-42-40-47(3,4)5)43-51-41-38-36-34-32-30-28-21-19-17-15-13-11-9-7-2/h8,10,14,16,20,22,24-25,27,29,33,35,38,41,45H,6-7,9,11-13,15,17-19,21,23,26,28,30-32,34,36-37,39-40,42-44H2,1-5H3/b10-8-,16-14-,22-20-,25-24-,29-27-,35-33-,41-38-/t45-/m1/s1. The monoisotopic (exact) mass is 790 g/mol. The van der Waals surface area contributed by atoms with Crippen LogP contribution >= 0.6 is 7.82 Å². The molecule has 0 radical (unpaired) electrons. The van der Waals surface area contributed by atoms with Crippen molar-refractivity contribution >= 4 is 13.8 Å². The van der Waals surface area contributed by atoms with Crippen molar-refractivity contribution in [2.75, 3.05) is 47.5 Å². The minimum absolute atomic E-state index is 0.000941.